The van der Waals surface area contributed by atoms with Gasteiger partial charge in [0.25, 0.3) is 0 Å². The lowest BCUT2D eigenvalue weighted by atomic mass is 9.98. The molecule has 3 aromatic rings. The zero-order chi connectivity index (χ0) is 23.9. The van der Waals surface area contributed by atoms with Crippen molar-refractivity contribution >= 4 is 17.2 Å². The summed E-state index contributed by atoms with van der Waals surface area (Å²) < 4.78 is 21.8. The van der Waals surface area contributed by atoms with Crippen molar-refractivity contribution in [3.63, 3.8) is 0 Å². The van der Waals surface area contributed by atoms with Crippen LogP contribution in [-0.4, -0.2) is 36.4 Å². The van der Waals surface area contributed by atoms with E-state index in [2.05, 4.69) is 11.1 Å². The molecule has 1 aliphatic carbocycles. The zero-order valence-corrected chi connectivity index (χ0v) is 19.0. The van der Waals surface area contributed by atoms with E-state index in [9.17, 15) is 19.4 Å². The lowest BCUT2D eigenvalue weighted by Crippen LogP contribution is -2.29. The molecule has 33 heavy (non-hydrogen) atoms. The summed E-state index contributed by atoms with van der Waals surface area (Å²) in [6.07, 6.45) is 6.39. The van der Waals surface area contributed by atoms with Gasteiger partial charge in [0.15, 0.2) is 23.3 Å². The van der Waals surface area contributed by atoms with Gasteiger partial charge in [0.1, 0.15) is 0 Å². The van der Waals surface area contributed by atoms with Crippen molar-refractivity contribution in [2.45, 2.75) is 52.2 Å². The maximum atomic E-state index is 14.4. The van der Waals surface area contributed by atoms with Gasteiger partial charge >= 0.3 is 5.97 Å². The third-order valence-corrected chi connectivity index (χ3v) is 5.35. The number of hydrogen-bond donors (Lipinski definition) is 2. The van der Waals surface area contributed by atoms with Crippen LogP contribution in [0, 0.1) is 12.7 Å². The molecule has 1 aliphatic rings. The van der Waals surface area contributed by atoms with E-state index in [4.69, 9.17) is 9.84 Å². The Hall–Kier alpha value is -3.52. The summed E-state index contributed by atoms with van der Waals surface area (Å²) in [4.78, 5) is 16.9. The first-order chi connectivity index (χ1) is 15.5. The molecule has 2 N–H and O–H groups in total. The number of carbonyl (C=O) groups is 1. The molecule has 2 heterocycles. The summed E-state index contributed by atoms with van der Waals surface area (Å²) in [5, 5.41) is 24.5. The van der Waals surface area contributed by atoms with Crippen LogP contribution >= 0.6 is 0 Å². The first kappa shape index (κ1) is 22.7. The van der Waals surface area contributed by atoms with Gasteiger partial charge < -0.3 is 14.9 Å². The van der Waals surface area contributed by atoms with Gasteiger partial charge in [-0.3, -0.25) is 0 Å². The van der Waals surface area contributed by atoms with Crippen molar-refractivity contribution in [3.05, 3.63) is 65.3 Å². The average molecular weight is 451 g/mol. The van der Waals surface area contributed by atoms with Crippen LogP contribution in [0.1, 0.15) is 56.7 Å². The zero-order valence-electron chi connectivity index (χ0n) is 19.0. The molecule has 0 saturated carbocycles. The number of phenolic OH excluding ortho intramolecular Hbond substituents is 1. The highest BCUT2D eigenvalue weighted by molar-refractivity contribution is 5.81. The molecule has 0 bridgehead atoms. The van der Waals surface area contributed by atoms with Crippen LogP contribution in [0.4, 0.5) is 4.39 Å². The van der Waals surface area contributed by atoms with Crippen molar-refractivity contribution in [2.24, 2.45) is 0 Å². The molecular formula is C25H26FN3O4. The Bertz CT molecular complexity index is 1300. The van der Waals surface area contributed by atoms with Gasteiger partial charge in [-0.1, -0.05) is 18.2 Å². The first-order valence-electron chi connectivity index (χ1n) is 10.7. The van der Waals surface area contributed by atoms with Crippen LogP contribution in [0.3, 0.4) is 0 Å². The van der Waals surface area contributed by atoms with E-state index in [-0.39, 0.29) is 5.56 Å². The predicted molar refractivity (Wildman–Crippen MR) is 122 cm³/mol. The lowest BCUT2D eigenvalue weighted by Gasteiger charge is -2.27. The number of aromatic nitrogens is 3. The van der Waals surface area contributed by atoms with Gasteiger partial charge in [-0.2, -0.15) is 5.10 Å². The normalized spacial score (nSPS) is 15.0. The second kappa shape index (κ2) is 8.44. The van der Waals surface area contributed by atoms with Gasteiger partial charge in [0.2, 0.25) is 0 Å². The Morgan fingerprint density at radius 2 is 2.03 bits per heavy atom. The van der Waals surface area contributed by atoms with Crippen LogP contribution in [0.2, 0.25) is 0 Å². The summed E-state index contributed by atoms with van der Waals surface area (Å²) in [6.45, 7) is 6.99. The SMILES string of the molecule is Cc1nc2cc(C3=CC=CCC3)nn2c(-c2ccc(O)c(F)c2)c1C(OC(C)(C)C)C(=O)O. The first-order valence-corrected chi connectivity index (χ1v) is 10.7. The molecule has 0 spiro atoms. The number of nitrogens with zero attached hydrogens (tertiary/aromatic N) is 3. The van der Waals surface area contributed by atoms with Crippen molar-refractivity contribution in [1.82, 2.24) is 14.6 Å². The minimum Gasteiger partial charge on any atom is -0.505 e. The topological polar surface area (TPSA) is 97.0 Å². The molecule has 172 valence electrons. The number of rotatable bonds is 5. The summed E-state index contributed by atoms with van der Waals surface area (Å²) in [5.41, 5.74) is 2.91. The van der Waals surface area contributed by atoms with E-state index in [0.29, 0.717) is 28.3 Å². The Morgan fingerprint density at radius 3 is 2.64 bits per heavy atom. The van der Waals surface area contributed by atoms with Crippen LogP contribution in [0.5, 0.6) is 5.75 Å². The fourth-order valence-electron chi connectivity index (χ4n) is 3.94. The number of ether oxygens (including phenoxy) is 1. The highest BCUT2D eigenvalue weighted by Gasteiger charge is 2.33. The maximum Gasteiger partial charge on any atom is 0.337 e. The molecular weight excluding hydrogens is 425 g/mol. The lowest BCUT2D eigenvalue weighted by molar-refractivity contribution is -0.160. The van der Waals surface area contributed by atoms with E-state index in [1.807, 2.05) is 18.2 Å². The Balaban J connectivity index is 2.04. The molecule has 8 heteroatoms. The summed E-state index contributed by atoms with van der Waals surface area (Å²) in [5.74, 6) is -2.51. The molecule has 1 unspecified atom stereocenters. The Morgan fingerprint density at radius 1 is 1.27 bits per heavy atom. The van der Waals surface area contributed by atoms with Gasteiger partial charge in [-0.25, -0.2) is 18.7 Å². The minimum atomic E-state index is -1.36. The number of phenols is 1. The number of benzene rings is 1. The van der Waals surface area contributed by atoms with Crippen molar-refractivity contribution in [3.8, 4) is 17.0 Å². The fraction of sp³-hybridized carbons (Fsp3) is 0.320. The predicted octanol–water partition coefficient (Wildman–Crippen LogP) is 5.22. The molecule has 7 nitrogen and oxygen atoms in total. The third kappa shape index (κ3) is 4.52. The number of aryl methyl sites for hydroxylation is 1. The van der Waals surface area contributed by atoms with Crippen LogP contribution < -0.4 is 0 Å². The van der Waals surface area contributed by atoms with E-state index in [0.717, 1.165) is 24.5 Å². The summed E-state index contributed by atoms with van der Waals surface area (Å²) >= 11 is 0. The second-order valence-corrected chi connectivity index (χ2v) is 9.03. The number of aromatic hydroxyl groups is 1. The van der Waals surface area contributed by atoms with Crippen LogP contribution in [0.25, 0.3) is 22.5 Å². The second-order valence-electron chi connectivity index (χ2n) is 9.03. The fourth-order valence-corrected chi connectivity index (χ4v) is 3.94. The molecule has 0 saturated heterocycles. The van der Waals surface area contributed by atoms with Gasteiger partial charge in [0, 0.05) is 22.9 Å². The smallest absolute Gasteiger partial charge is 0.337 e. The average Bonchev–Trinajstić information content (AvgIpc) is 3.17. The molecule has 4 rings (SSSR count). The molecule has 1 atom stereocenters. The summed E-state index contributed by atoms with van der Waals surface area (Å²) in [6, 6.07) is 5.75. The van der Waals surface area contributed by atoms with Crippen molar-refractivity contribution < 1.29 is 24.1 Å². The van der Waals surface area contributed by atoms with E-state index >= 15 is 0 Å². The minimum absolute atomic E-state index is 0.280. The monoisotopic (exact) mass is 451 g/mol. The third-order valence-electron chi connectivity index (χ3n) is 5.35. The quantitative estimate of drug-likeness (QED) is 0.552. The number of aliphatic carboxylic acids is 1. The highest BCUT2D eigenvalue weighted by atomic mass is 19.1. The summed E-state index contributed by atoms with van der Waals surface area (Å²) in [7, 11) is 0. The van der Waals surface area contributed by atoms with Gasteiger partial charge in [-0.05, 0) is 64.3 Å². The number of halogens is 1. The molecule has 2 aromatic heterocycles. The van der Waals surface area contributed by atoms with Crippen LogP contribution in [0.15, 0.2) is 42.5 Å². The number of carboxylic acid groups (broad SMARTS) is 1. The van der Waals surface area contributed by atoms with E-state index in [1.54, 1.807) is 27.7 Å². The Labute approximate surface area is 190 Å². The number of fused-ring (bicyclic) bond motifs is 1. The largest absolute Gasteiger partial charge is 0.505 e. The molecule has 0 fully saturated rings. The van der Waals surface area contributed by atoms with E-state index in [1.165, 1.54) is 16.6 Å². The number of hydrogen-bond acceptors (Lipinski definition) is 5. The number of allylic oxidation sites excluding steroid dienone is 4. The van der Waals surface area contributed by atoms with Crippen molar-refractivity contribution in [2.75, 3.05) is 0 Å². The van der Waals surface area contributed by atoms with E-state index < -0.39 is 29.2 Å². The number of carboxylic acids is 1. The molecule has 1 aromatic carbocycles. The maximum absolute atomic E-state index is 14.4. The molecule has 0 aliphatic heterocycles. The Kier molecular flexibility index (Phi) is 5.80. The van der Waals surface area contributed by atoms with Crippen molar-refractivity contribution in [1.29, 1.82) is 0 Å². The molecule has 0 amide bonds. The highest BCUT2D eigenvalue weighted by Crippen LogP contribution is 2.37. The molecule has 0 radical (unpaired) electrons. The standard InChI is InChI=1S/C25H26FN3O4/c1-14-21(23(24(31)32)33-25(2,3)4)22(16-10-11-19(30)17(26)12-16)29-20(27-14)13-18(28-29)15-8-6-5-7-9-15/h5-6,8,10-13,23,30H,7,9H2,1-4H3,(H,31,32). The van der Waals surface area contributed by atoms with Gasteiger partial charge in [0.05, 0.1) is 17.0 Å². The van der Waals surface area contributed by atoms with Gasteiger partial charge in [-0.15, -0.1) is 0 Å². The van der Waals surface area contributed by atoms with Crippen LogP contribution in [-0.2, 0) is 9.53 Å².